The van der Waals surface area contributed by atoms with Gasteiger partial charge in [-0.05, 0) is 50.6 Å². The minimum absolute atomic E-state index is 0.0185. The first-order valence-electron chi connectivity index (χ1n) is 13.6. The number of hydrogen-bond donors (Lipinski definition) is 2. The highest BCUT2D eigenvalue weighted by molar-refractivity contribution is 7.99. The average Bonchev–Trinajstić information content (AvgIpc) is 3.41. The fourth-order valence-electron chi connectivity index (χ4n) is 5.67. The third-order valence-corrected chi connectivity index (χ3v) is 9.03. The van der Waals surface area contributed by atoms with E-state index >= 15 is 0 Å². The Hall–Kier alpha value is -3.69. The number of aromatic nitrogens is 2. The standard InChI is InChI=1S/C28H34N8O3S/c1-34-9-10-35(26(38)16-34)15-19-11-18-5-4-8-36(27(18)32-23(19)17-37)28(39)33-25-12-22(20(13-29)14-30-25)31-21-6-3-7-24(21)40-2/h11-12,14,17,21,24H,3-10,15-16H2,1-2H3,(H2,30,31,33,39). The Bertz CT molecular complexity index is 1350. The van der Waals surface area contributed by atoms with E-state index in [1.807, 2.05) is 29.8 Å². The molecule has 0 radical (unpaired) electrons. The normalized spacial score (nSPS) is 21.1. The van der Waals surface area contributed by atoms with Crippen LogP contribution in [0.3, 0.4) is 0 Å². The number of nitriles is 1. The molecular formula is C28H34N8O3S. The maximum Gasteiger partial charge on any atom is 0.328 e. The van der Waals surface area contributed by atoms with Crippen LogP contribution in [-0.4, -0.2) is 88.8 Å². The van der Waals surface area contributed by atoms with Crippen LogP contribution in [0.5, 0.6) is 0 Å². The van der Waals surface area contributed by atoms with Crippen LogP contribution in [0.15, 0.2) is 18.3 Å². The lowest BCUT2D eigenvalue weighted by molar-refractivity contribution is -0.136. The van der Waals surface area contributed by atoms with Crippen LogP contribution in [0.1, 0.15) is 52.9 Å². The zero-order valence-corrected chi connectivity index (χ0v) is 23.7. The van der Waals surface area contributed by atoms with Crippen molar-refractivity contribution in [1.82, 2.24) is 19.8 Å². The van der Waals surface area contributed by atoms with Crippen molar-refractivity contribution in [2.24, 2.45) is 0 Å². The van der Waals surface area contributed by atoms with Gasteiger partial charge in [0, 0.05) is 55.3 Å². The molecule has 0 spiro atoms. The van der Waals surface area contributed by atoms with Gasteiger partial charge < -0.3 is 10.2 Å². The Kier molecular flexibility index (Phi) is 8.52. The molecule has 0 aromatic carbocycles. The molecular weight excluding hydrogens is 528 g/mol. The maximum atomic E-state index is 13.4. The zero-order valence-electron chi connectivity index (χ0n) is 22.9. The number of carbonyl (C=O) groups is 3. The number of carbonyl (C=O) groups excluding carboxylic acids is 3. The summed E-state index contributed by atoms with van der Waals surface area (Å²) in [7, 11) is 1.91. The lowest BCUT2D eigenvalue weighted by atomic mass is 10.0. The molecule has 0 bridgehead atoms. The van der Waals surface area contributed by atoms with Gasteiger partial charge in [0.25, 0.3) is 0 Å². The number of likely N-dealkylation sites (N-methyl/N-ethyl adjacent to an activating group) is 1. The third kappa shape index (κ3) is 5.90. The molecule has 2 fully saturated rings. The first-order valence-corrected chi connectivity index (χ1v) is 14.9. The monoisotopic (exact) mass is 562 g/mol. The predicted octanol–water partition coefficient (Wildman–Crippen LogP) is 3.12. The summed E-state index contributed by atoms with van der Waals surface area (Å²) in [4.78, 5) is 52.0. The topological polar surface area (TPSA) is 135 Å². The number of anilines is 3. The number of rotatable bonds is 7. The molecule has 11 nitrogen and oxygen atoms in total. The van der Waals surface area contributed by atoms with Crippen molar-refractivity contribution in [3.63, 3.8) is 0 Å². The van der Waals surface area contributed by atoms with E-state index in [4.69, 9.17) is 0 Å². The van der Waals surface area contributed by atoms with E-state index in [0.717, 1.165) is 44.2 Å². The Morgan fingerprint density at radius 3 is 2.85 bits per heavy atom. The fraction of sp³-hybridized carbons (Fsp3) is 0.500. The van der Waals surface area contributed by atoms with Gasteiger partial charge in [0.1, 0.15) is 23.4 Å². The van der Waals surface area contributed by atoms with E-state index < -0.39 is 6.03 Å². The first kappa shape index (κ1) is 27.9. The third-order valence-electron chi connectivity index (χ3n) is 7.86. The highest BCUT2D eigenvalue weighted by atomic mass is 32.2. The molecule has 1 saturated heterocycles. The molecule has 40 heavy (non-hydrogen) atoms. The van der Waals surface area contributed by atoms with Crippen molar-refractivity contribution in [3.8, 4) is 6.07 Å². The van der Waals surface area contributed by atoms with Crippen molar-refractivity contribution >= 4 is 47.3 Å². The number of thioether (sulfide) groups is 1. The van der Waals surface area contributed by atoms with Gasteiger partial charge in [-0.15, -0.1) is 0 Å². The highest BCUT2D eigenvalue weighted by Crippen LogP contribution is 2.33. The van der Waals surface area contributed by atoms with Crippen molar-refractivity contribution in [1.29, 1.82) is 5.26 Å². The minimum atomic E-state index is -0.404. The van der Waals surface area contributed by atoms with Gasteiger partial charge in [0.2, 0.25) is 5.91 Å². The smallest absolute Gasteiger partial charge is 0.328 e. The molecule has 210 valence electrons. The number of urea groups is 1. The van der Waals surface area contributed by atoms with Crippen molar-refractivity contribution in [3.05, 3.63) is 40.7 Å². The molecule has 1 saturated carbocycles. The summed E-state index contributed by atoms with van der Waals surface area (Å²) in [5, 5.41) is 16.4. The molecule has 1 aliphatic carbocycles. The predicted molar refractivity (Wildman–Crippen MR) is 155 cm³/mol. The van der Waals surface area contributed by atoms with Crippen LogP contribution in [0, 0.1) is 11.3 Å². The molecule has 4 heterocycles. The Morgan fingerprint density at radius 2 is 2.10 bits per heavy atom. The van der Waals surface area contributed by atoms with Crippen LogP contribution in [0.2, 0.25) is 0 Å². The summed E-state index contributed by atoms with van der Waals surface area (Å²) < 4.78 is 0. The molecule has 2 atom stereocenters. The number of nitrogens with one attached hydrogen (secondary N) is 2. The molecule has 3 aliphatic rings. The van der Waals surface area contributed by atoms with Gasteiger partial charge in [-0.3, -0.25) is 24.7 Å². The molecule has 12 heteroatoms. The summed E-state index contributed by atoms with van der Waals surface area (Å²) in [5.74, 6) is 0.795. The summed E-state index contributed by atoms with van der Waals surface area (Å²) in [6.45, 7) is 2.47. The molecule has 2 aliphatic heterocycles. The summed E-state index contributed by atoms with van der Waals surface area (Å²) in [6, 6.07) is 5.65. The van der Waals surface area contributed by atoms with Crippen LogP contribution in [0.4, 0.5) is 22.1 Å². The molecule has 2 aromatic heterocycles. The lowest BCUT2D eigenvalue weighted by Crippen LogP contribution is -2.48. The number of hydrogen-bond acceptors (Lipinski definition) is 9. The van der Waals surface area contributed by atoms with Gasteiger partial charge in [0.05, 0.1) is 17.8 Å². The summed E-state index contributed by atoms with van der Waals surface area (Å²) >= 11 is 1.82. The van der Waals surface area contributed by atoms with Crippen LogP contribution >= 0.6 is 11.8 Å². The number of amides is 3. The largest absolute Gasteiger partial charge is 0.380 e. The zero-order chi connectivity index (χ0) is 28.2. The minimum Gasteiger partial charge on any atom is -0.380 e. The fourth-order valence-corrected chi connectivity index (χ4v) is 6.60. The van der Waals surface area contributed by atoms with Crippen LogP contribution < -0.4 is 15.5 Å². The second-order valence-electron chi connectivity index (χ2n) is 10.6. The van der Waals surface area contributed by atoms with Crippen molar-refractivity contribution < 1.29 is 14.4 Å². The number of aryl methyl sites for hydroxylation is 1. The Balaban J connectivity index is 1.34. The van der Waals surface area contributed by atoms with E-state index in [1.54, 1.807) is 11.0 Å². The van der Waals surface area contributed by atoms with E-state index in [2.05, 4.69) is 32.9 Å². The number of aldehydes is 1. The number of piperazine rings is 1. The molecule has 5 rings (SSSR count). The van der Waals surface area contributed by atoms with E-state index in [-0.39, 0.29) is 17.6 Å². The molecule has 3 amide bonds. The average molecular weight is 563 g/mol. The van der Waals surface area contributed by atoms with Crippen LogP contribution in [0.25, 0.3) is 0 Å². The van der Waals surface area contributed by atoms with E-state index in [1.165, 1.54) is 11.1 Å². The molecule has 2 N–H and O–H groups in total. The molecule has 2 aromatic rings. The number of fused-ring (bicyclic) bond motifs is 1. The number of nitrogens with zero attached hydrogens (tertiary/aromatic N) is 6. The van der Waals surface area contributed by atoms with Gasteiger partial charge in [-0.1, -0.05) is 6.42 Å². The van der Waals surface area contributed by atoms with Crippen molar-refractivity contribution in [2.75, 3.05) is 55.0 Å². The summed E-state index contributed by atoms with van der Waals surface area (Å²) in [5.41, 5.74) is 2.86. The van der Waals surface area contributed by atoms with E-state index in [0.29, 0.717) is 66.2 Å². The van der Waals surface area contributed by atoms with Crippen LogP contribution in [-0.2, 0) is 17.8 Å². The SMILES string of the molecule is CSC1CCCC1Nc1cc(NC(=O)N2CCCc3cc(CN4CCN(C)CC4=O)c(C=O)nc32)ncc1C#N. The maximum absolute atomic E-state index is 13.4. The quantitative estimate of drug-likeness (QED) is 0.488. The van der Waals surface area contributed by atoms with Crippen molar-refractivity contribution in [2.45, 2.75) is 49.9 Å². The van der Waals surface area contributed by atoms with Gasteiger partial charge in [-0.25, -0.2) is 14.8 Å². The lowest BCUT2D eigenvalue weighted by Gasteiger charge is -2.33. The second-order valence-corrected chi connectivity index (χ2v) is 11.6. The molecule has 2 unspecified atom stereocenters. The van der Waals surface area contributed by atoms with E-state index in [9.17, 15) is 19.6 Å². The second kappa shape index (κ2) is 12.2. The Labute approximate surface area is 238 Å². The summed E-state index contributed by atoms with van der Waals surface area (Å²) in [6.07, 6.45) is 9.01. The van der Waals surface area contributed by atoms with Gasteiger partial charge >= 0.3 is 6.03 Å². The Morgan fingerprint density at radius 1 is 1.25 bits per heavy atom. The van der Waals surface area contributed by atoms with Gasteiger partial charge in [0.15, 0.2) is 6.29 Å². The first-order chi connectivity index (χ1) is 19.4. The number of pyridine rings is 2. The van der Waals surface area contributed by atoms with Gasteiger partial charge in [-0.2, -0.15) is 17.0 Å². The highest BCUT2D eigenvalue weighted by Gasteiger charge is 2.29.